The summed E-state index contributed by atoms with van der Waals surface area (Å²) < 4.78 is 9.32. The van der Waals surface area contributed by atoms with Crippen molar-refractivity contribution in [1.82, 2.24) is 10.6 Å². The van der Waals surface area contributed by atoms with Crippen LogP contribution < -0.4 is 80.0 Å². The molecule has 0 saturated carbocycles. The number of carbonyl (C=O) groups is 6. The van der Waals surface area contributed by atoms with Gasteiger partial charge in [0.15, 0.2) is 0 Å². The van der Waals surface area contributed by atoms with Crippen molar-refractivity contribution in [3.05, 3.63) is 23.3 Å². The molecule has 0 aliphatic carbocycles. The molecule has 0 aromatic rings. The first kappa shape index (κ1) is 77.4. The summed E-state index contributed by atoms with van der Waals surface area (Å²) in [5.41, 5.74) is 2.58. The molecule has 0 aliphatic heterocycles. The van der Waals surface area contributed by atoms with Gasteiger partial charge in [-0.05, 0) is 75.0 Å². The number of rotatable bonds is 44. The second-order valence-corrected chi connectivity index (χ2v) is 22.7. The van der Waals surface area contributed by atoms with Crippen molar-refractivity contribution in [3.63, 3.8) is 0 Å². The number of hydrogen-bond donors (Lipinski definition) is 4. The Bertz CT molecular complexity index is 1400. The molecule has 2 amide bonds. The van der Waals surface area contributed by atoms with Crippen LogP contribution in [0.4, 0.5) is 0 Å². The average Bonchev–Trinajstić information content (AvgIpc) is 3.25. The van der Waals surface area contributed by atoms with Crippen LogP contribution in [-0.4, -0.2) is 107 Å². The molecule has 18 heteroatoms. The summed E-state index contributed by atoms with van der Waals surface area (Å²) in [4.78, 5) is 66.6. The van der Waals surface area contributed by atoms with Gasteiger partial charge >= 0.3 is 71.1 Å². The third-order valence-electron chi connectivity index (χ3n) is 12.1. The van der Waals surface area contributed by atoms with E-state index in [-0.39, 0.29) is 70.6 Å². The molecule has 0 heterocycles. The van der Waals surface area contributed by atoms with Crippen molar-refractivity contribution in [2.24, 2.45) is 35.5 Å². The summed E-state index contributed by atoms with van der Waals surface area (Å²) in [6.45, 7) is 20.6. The largest absolute Gasteiger partial charge is 1.00 e. The molecule has 0 aromatic carbocycles. The number of amides is 2. The van der Waals surface area contributed by atoms with E-state index in [1.807, 2.05) is 0 Å². The average molecular weight is 1080 g/mol. The Balaban J connectivity index is -0.000000625. The minimum absolute atomic E-state index is 0. The van der Waals surface area contributed by atoms with Gasteiger partial charge in [0.2, 0.25) is 11.8 Å². The van der Waals surface area contributed by atoms with Gasteiger partial charge in [-0.2, -0.15) is 23.5 Å². The van der Waals surface area contributed by atoms with Crippen molar-refractivity contribution in [2.75, 3.05) is 49.4 Å². The van der Waals surface area contributed by atoms with Crippen molar-refractivity contribution in [3.8, 4) is 0 Å². The summed E-state index contributed by atoms with van der Waals surface area (Å²) in [6.07, 6.45) is 27.0. The Morgan fingerprint density at radius 3 is 1.01 bits per heavy atom. The fraction of sp³-hybridized carbons (Fsp3) is 0.815. The predicted octanol–water partition coefficient (Wildman–Crippen LogP) is 2.89. The molecule has 0 aliphatic rings. The molecule has 14 nitrogen and oxygen atoms in total. The number of allylic oxidation sites excluding steroid dienone is 2. The number of thioether (sulfide) groups is 2. The maximum Gasteiger partial charge on any atom is 1.00 e. The molecule has 408 valence electrons. The molecule has 0 bridgehead atoms. The van der Waals surface area contributed by atoms with E-state index < -0.39 is 74.2 Å². The standard InChI is InChI=1S/2C27H49NO6S.2Na/c2*1-20(2)9-6-10-21(3)11-7-12-22(4)13-8-14-23(5)15-16-35-19-24(27(32)33)28-25(29)17-34-18-26(30)31;;/h2*15,20-22,24H,6-14,16-19H2,1-5H3,(H,28,29)(H,30,31)(H,32,33);;/q;;2*+1/p-2/b2*23-15+;;/t2*21?,22?,24-;;/m00../s1. The van der Waals surface area contributed by atoms with Crippen LogP contribution in [-0.2, 0) is 38.2 Å². The number of ether oxygens (including phenoxy) is 2. The van der Waals surface area contributed by atoms with Crippen LogP contribution in [0.25, 0.3) is 0 Å². The van der Waals surface area contributed by atoms with Crippen molar-refractivity contribution in [1.29, 1.82) is 0 Å². The Morgan fingerprint density at radius 2 is 0.750 bits per heavy atom. The van der Waals surface area contributed by atoms with E-state index >= 15 is 0 Å². The van der Waals surface area contributed by atoms with Crippen LogP contribution in [0.1, 0.15) is 185 Å². The summed E-state index contributed by atoms with van der Waals surface area (Å²) >= 11 is 2.80. The van der Waals surface area contributed by atoms with Crippen LogP contribution in [0.3, 0.4) is 0 Å². The molecule has 4 unspecified atom stereocenters. The molecule has 0 radical (unpaired) electrons. The second kappa shape index (κ2) is 50.7. The molecular formula is C54H96N2Na2O12S2. The van der Waals surface area contributed by atoms with Gasteiger partial charge in [0.25, 0.3) is 0 Å². The second-order valence-electron chi connectivity index (χ2n) is 20.5. The smallest absolute Gasteiger partial charge is 0.548 e. The first-order valence-electron chi connectivity index (χ1n) is 26.1. The van der Waals surface area contributed by atoms with Crippen LogP contribution in [0.5, 0.6) is 0 Å². The fourth-order valence-electron chi connectivity index (χ4n) is 7.66. The van der Waals surface area contributed by atoms with Crippen molar-refractivity contribution >= 4 is 59.2 Å². The number of carbonyl (C=O) groups excluding carboxylic acids is 4. The van der Waals surface area contributed by atoms with Gasteiger partial charge in [-0.15, -0.1) is 0 Å². The number of carboxylic acids is 4. The molecular weight excluding hydrogens is 979 g/mol. The van der Waals surface area contributed by atoms with E-state index in [0.717, 1.165) is 61.2 Å². The van der Waals surface area contributed by atoms with Crippen molar-refractivity contribution < 1.29 is 118 Å². The van der Waals surface area contributed by atoms with E-state index in [0.29, 0.717) is 11.5 Å². The van der Waals surface area contributed by atoms with Gasteiger partial charge in [0, 0.05) is 23.0 Å². The zero-order valence-corrected chi connectivity index (χ0v) is 52.6. The number of nitrogens with one attached hydrogen (secondary N) is 2. The quantitative estimate of drug-likeness (QED) is 0.0391. The zero-order valence-electron chi connectivity index (χ0n) is 47.0. The first-order chi connectivity index (χ1) is 33.0. The number of carboxylic acid groups (broad SMARTS) is 4. The van der Waals surface area contributed by atoms with Gasteiger partial charge < -0.3 is 50.1 Å². The van der Waals surface area contributed by atoms with Crippen LogP contribution in [0, 0.1) is 35.5 Å². The van der Waals surface area contributed by atoms with Gasteiger partial charge in [0.05, 0.1) is 24.0 Å². The first-order valence-corrected chi connectivity index (χ1v) is 28.4. The summed E-state index contributed by atoms with van der Waals surface area (Å²) in [5, 5.41) is 44.1. The topological polar surface area (TPSA) is 232 Å². The minimum atomic E-state index is -1.37. The Morgan fingerprint density at radius 1 is 0.472 bits per heavy atom. The minimum Gasteiger partial charge on any atom is -0.548 e. The van der Waals surface area contributed by atoms with Crippen LogP contribution in [0.15, 0.2) is 23.3 Å². The normalized spacial score (nSPS) is 14.1. The third kappa shape index (κ3) is 53.7. The number of hydrogen-bond acceptors (Lipinski definition) is 12. The third-order valence-corrected chi connectivity index (χ3v) is 14.0. The zero-order chi connectivity index (χ0) is 53.3. The van der Waals surface area contributed by atoms with Crippen LogP contribution in [0.2, 0.25) is 0 Å². The molecule has 0 fully saturated rings. The van der Waals surface area contributed by atoms with E-state index in [4.69, 9.17) is 10.2 Å². The summed E-state index contributed by atoms with van der Waals surface area (Å²) in [5.74, 6) is -0.0666. The summed E-state index contributed by atoms with van der Waals surface area (Å²) in [7, 11) is 0. The molecule has 6 atom stereocenters. The van der Waals surface area contributed by atoms with Crippen LogP contribution >= 0.6 is 23.5 Å². The van der Waals surface area contributed by atoms with Gasteiger partial charge in [-0.25, -0.2) is 9.59 Å². The number of aliphatic carboxylic acids is 4. The van der Waals surface area contributed by atoms with Gasteiger partial charge in [-0.1, -0.05) is 169 Å². The van der Waals surface area contributed by atoms with E-state index in [1.165, 1.54) is 125 Å². The summed E-state index contributed by atoms with van der Waals surface area (Å²) in [6, 6.07) is -2.29. The Kier molecular flexibility index (Phi) is 54.5. The van der Waals surface area contributed by atoms with Crippen molar-refractivity contribution in [2.45, 2.75) is 197 Å². The van der Waals surface area contributed by atoms with Gasteiger partial charge in [-0.3, -0.25) is 9.59 Å². The Hall–Kier alpha value is -1.08. The molecule has 0 rings (SSSR count). The fourth-order valence-corrected chi connectivity index (χ4v) is 9.65. The van der Waals surface area contributed by atoms with E-state index in [1.54, 1.807) is 0 Å². The van der Waals surface area contributed by atoms with Gasteiger partial charge in [0.1, 0.15) is 26.4 Å². The Labute approximate surface area is 488 Å². The molecule has 0 saturated heterocycles. The maximum absolute atomic E-state index is 11.7. The monoisotopic (exact) mass is 1070 g/mol. The molecule has 0 aromatic heterocycles. The molecule has 72 heavy (non-hydrogen) atoms. The van der Waals surface area contributed by atoms with E-state index in [9.17, 15) is 39.0 Å². The molecule has 0 spiro atoms. The SMILES string of the molecule is C/C(=C\CSC[C@H](NC(=O)COCC(=O)O)C(=O)[O-])CCCC(C)CCCC(C)CCCC(C)C.C/C(=C\CSC[C@H](NC(=O)COCC(=O)O)C(=O)[O-])CCCC(C)CCCC(C)CCCC(C)C.[Na+].[Na+]. The van der Waals surface area contributed by atoms with E-state index in [2.05, 4.69) is 101 Å². The molecule has 4 N–H and O–H groups in total. The predicted molar refractivity (Wildman–Crippen MR) is 282 cm³/mol. The maximum atomic E-state index is 11.7.